The van der Waals surface area contributed by atoms with E-state index in [2.05, 4.69) is 5.32 Å². The Morgan fingerprint density at radius 2 is 1.80 bits per heavy atom. The maximum absolute atomic E-state index is 12.8. The summed E-state index contributed by atoms with van der Waals surface area (Å²) in [5, 5.41) is 2.35. The minimum absolute atomic E-state index is 0.142. The van der Waals surface area contributed by atoms with Crippen molar-refractivity contribution < 1.29 is 13.2 Å². The Hall–Kier alpha value is -0.650. The van der Waals surface area contributed by atoms with Crippen molar-refractivity contribution in [3.8, 4) is 0 Å². The monoisotopic (exact) mass is 328 g/mol. The van der Waals surface area contributed by atoms with E-state index in [1.165, 1.54) is 6.07 Å². The Labute approximate surface area is 126 Å². The maximum atomic E-state index is 12.8. The second-order valence-electron chi connectivity index (χ2n) is 5.56. The third kappa shape index (κ3) is 4.72. The Morgan fingerprint density at radius 3 is 2.25 bits per heavy atom. The number of hydrogen-bond donors (Lipinski definition) is 2. The summed E-state index contributed by atoms with van der Waals surface area (Å²) in [4.78, 5) is 0. The highest BCUT2D eigenvalue weighted by atomic mass is 35.5. The van der Waals surface area contributed by atoms with Gasteiger partial charge in [-0.2, -0.15) is 13.2 Å². The van der Waals surface area contributed by atoms with Gasteiger partial charge in [-0.15, -0.1) is 11.6 Å². The highest BCUT2D eigenvalue weighted by Crippen LogP contribution is 2.39. The molecule has 0 heterocycles. The van der Waals surface area contributed by atoms with Crippen LogP contribution in [0.15, 0.2) is 12.1 Å². The van der Waals surface area contributed by atoms with Crippen molar-refractivity contribution in [3.05, 3.63) is 28.3 Å². The van der Waals surface area contributed by atoms with Crippen LogP contribution in [-0.4, -0.2) is 12.1 Å². The van der Waals surface area contributed by atoms with Gasteiger partial charge in [0.2, 0.25) is 0 Å². The minimum atomic E-state index is -4.56. The molecule has 0 bridgehead atoms. The number of nitrogens with two attached hydrogens (primary N) is 1. The molecule has 0 radical (unpaired) electrons. The largest absolute Gasteiger partial charge is 0.418 e. The predicted molar refractivity (Wildman–Crippen MR) is 77.2 cm³/mol. The Kier molecular flexibility index (Phi) is 5.22. The molecule has 3 N–H and O–H groups in total. The highest BCUT2D eigenvalue weighted by molar-refractivity contribution is 6.33. The van der Waals surface area contributed by atoms with Crippen molar-refractivity contribution in [1.82, 2.24) is 5.32 Å². The average molecular weight is 329 g/mol. The zero-order valence-electron chi connectivity index (χ0n) is 11.4. The number of halogens is 5. The summed E-state index contributed by atoms with van der Waals surface area (Å²) in [6, 6.07) is 2.32. The van der Waals surface area contributed by atoms with Gasteiger partial charge >= 0.3 is 6.18 Å². The standard InChI is InChI=1S/C13H17Cl2F3N2/c1-12(2,3)20-6-10(15)7-4-8(13(16,17)18)11(19)9(14)5-7/h4-5,10,20H,6,19H2,1-3H3. The highest BCUT2D eigenvalue weighted by Gasteiger charge is 2.34. The average Bonchev–Trinajstić information content (AvgIpc) is 2.26. The van der Waals surface area contributed by atoms with E-state index in [0.29, 0.717) is 6.54 Å². The van der Waals surface area contributed by atoms with E-state index in [0.717, 1.165) is 6.07 Å². The lowest BCUT2D eigenvalue weighted by atomic mass is 10.0. The van der Waals surface area contributed by atoms with Crippen molar-refractivity contribution in [3.63, 3.8) is 0 Å². The van der Waals surface area contributed by atoms with E-state index in [4.69, 9.17) is 28.9 Å². The third-order valence-electron chi connectivity index (χ3n) is 2.63. The zero-order chi connectivity index (χ0) is 15.7. The van der Waals surface area contributed by atoms with Crippen molar-refractivity contribution in [2.75, 3.05) is 12.3 Å². The Bertz CT molecular complexity index is 482. The summed E-state index contributed by atoms with van der Waals surface area (Å²) in [7, 11) is 0. The van der Waals surface area contributed by atoms with E-state index in [1.54, 1.807) is 0 Å². The van der Waals surface area contributed by atoms with Crippen LogP contribution in [0.2, 0.25) is 5.02 Å². The van der Waals surface area contributed by atoms with Crippen LogP contribution in [-0.2, 0) is 6.18 Å². The van der Waals surface area contributed by atoms with Crippen molar-refractivity contribution in [2.24, 2.45) is 0 Å². The molecule has 114 valence electrons. The molecular weight excluding hydrogens is 312 g/mol. The van der Waals surface area contributed by atoms with Crippen LogP contribution in [0.5, 0.6) is 0 Å². The van der Waals surface area contributed by atoms with Crippen LogP contribution in [0.1, 0.15) is 37.3 Å². The van der Waals surface area contributed by atoms with E-state index in [9.17, 15) is 13.2 Å². The van der Waals surface area contributed by atoms with Crippen LogP contribution in [0.3, 0.4) is 0 Å². The Balaban J connectivity index is 3.05. The van der Waals surface area contributed by atoms with Crippen LogP contribution in [0.4, 0.5) is 18.9 Å². The third-order valence-corrected chi connectivity index (χ3v) is 3.35. The van der Waals surface area contributed by atoms with Gasteiger partial charge in [0.1, 0.15) is 0 Å². The fourth-order valence-electron chi connectivity index (χ4n) is 1.57. The number of benzene rings is 1. The lowest BCUT2D eigenvalue weighted by molar-refractivity contribution is -0.136. The molecule has 0 aliphatic rings. The summed E-state index contributed by atoms with van der Waals surface area (Å²) in [6.07, 6.45) is -4.56. The predicted octanol–water partition coefficient (Wildman–Crippen LogP) is 4.61. The van der Waals surface area contributed by atoms with Gasteiger partial charge in [-0.05, 0) is 38.5 Å². The van der Waals surface area contributed by atoms with Gasteiger partial charge < -0.3 is 11.1 Å². The molecule has 0 amide bonds. The summed E-state index contributed by atoms with van der Waals surface area (Å²) >= 11 is 11.9. The second-order valence-corrected chi connectivity index (χ2v) is 6.49. The van der Waals surface area contributed by atoms with Crippen molar-refractivity contribution in [1.29, 1.82) is 0 Å². The number of alkyl halides is 4. The second kappa shape index (κ2) is 6.00. The maximum Gasteiger partial charge on any atom is 0.418 e. The first-order chi connectivity index (χ1) is 8.92. The van der Waals surface area contributed by atoms with Crippen molar-refractivity contribution in [2.45, 2.75) is 37.9 Å². The van der Waals surface area contributed by atoms with Gasteiger partial charge in [-0.25, -0.2) is 0 Å². The fourth-order valence-corrected chi connectivity index (χ4v) is 2.00. The Morgan fingerprint density at radius 1 is 1.25 bits per heavy atom. The molecule has 0 saturated heterocycles. The van der Waals surface area contributed by atoms with E-state index >= 15 is 0 Å². The van der Waals surface area contributed by atoms with Crippen LogP contribution in [0, 0.1) is 0 Å². The van der Waals surface area contributed by atoms with Gasteiger partial charge in [0.15, 0.2) is 0 Å². The molecule has 0 aromatic heterocycles. The summed E-state index contributed by atoms with van der Waals surface area (Å²) in [5.74, 6) is 0. The molecule has 1 aromatic rings. The van der Waals surface area contributed by atoms with Gasteiger partial charge in [0, 0.05) is 12.1 Å². The molecule has 0 spiro atoms. The molecule has 1 atom stereocenters. The number of hydrogen-bond acceptors (Lipinski definition) is 2. The molecule has 1 aromatic carbocycles. The molecule has 2 nitrogen and oxygen atoms in total. The summed E-state index contributed by atoms with van der Waals surface area (Å²) in [5.41, 5.74) is 4.04. The summed E-state index contributed by atoms with van der Waals surface area (Å²) in [6.45, 7) is 6.14. The smallest absolute Gasteiger partial charge is 0.397 e. The topological polar surface area (TPSA) is 38.0 Å². The first-order valence-electron chi connectivity index (χ1n) is 5.97. The van der Waals surface area contributed by atoms with Gasteiger partial charge in [-0.3, -0.25) is 0 Å². The lowest BCUT2D eigenvalue weighted by Gasteiger charge is -2.23. The molecule has 1 unspecified atom stereocenters. The van der Waals surface area contributed by atoms with E-state index in [-0.39, 0.29) is 16.1 Å². The normalized spacial score (nSPS) is 14.4. The molecule has 1 rings (SSSR count). The number of anilines is 1. The molecule has 0 fully saturated rings. The van der Waals surface area contributed by atoms with Crippen LogP contribution in [0.25, 0.3) is 0 Å². The molecule has 0 aliphatic carbocycles. The van der Waals surface area contributed by atoms with E-state index in [1.807, 2.05) is 20.8 Å². The van der Waals surface area contributed by atoms with Gasteiger partial charge in [-0.1, -0.05) is 11.6 Å². The van der Waals surface area contributed by atoms with E-state index < -0.39 is 22.8 Å². The molecule has 7 heteroatoms. The summed E-state index contributed by atoms with van der Waals surface area (Å²) < 4.78 is 38.5. The number of nitrogen functional groups attached to an aromatic ring is 1. The van der Waals surface area contributed by atoms with Gasteiger partial charge in [0.25, 0.3) is 0 Å². The minimum Gasteiger partial charge on any atom is -0.397 e. The quantitative estimate of drug-likeness (QED) is 0.628. The molecule has 20 heavy (non-hydrogen) atoms. The van der Waals surface area contributed by atoms with Crippen LogP contribution < -0.4 is 11.1 Å². The molecular formula is C13H17Cl2F3N2. The zero-order valence-corrected chi connectivity index (χ0v) is 12.9. The first kappa shape index (κ1) is 17.4. The fraction of sp³-hybridized carbons (Fsp3) is 0.538. The molecule has 0 saturated carbocycles. The van der Waals surface area contributed by atoms with Gasteiger partial charge in [0.05, 0.1) is 21.7 Å². The SMILES string of the molecule is CC(C)(C)NCC(Cl)c1cc(Cl)c(N)c(C(F)(F)F)c1. The van der Waals surface area contributed by atoms with Crippen LogP contribution >= 0.6 is 23.2 Å². The number of nitrogens with one attached hydrogen (secondary N) is 1. The van der Waals surface area contributed by atoms with Crippen molar-refractivity contribution >= 4 is 28.9 Å². The lowest BCUT2D eigenvalue weighted by Crippen LogP contribution is -2.37. The molecule has 0 aliphatic heterocycles. The first-order valence-corrected chi connectivity index (χ1v) is 6.78. The number of rotatable bonds is 3.